The molecule has 0 aliphatic heterocycles. The topological polar surface area (TPSA) is 108 Å². The quantitative estimate of drug-likeness (QED) is 0.149. The normalized spacial score (nSPS) is 11.4. The molecule has 0 aliphatic rings. The van der Waals surface area contributed by atoms with Gasteiger partial charge >= 0.3 is 0 Å². The Labute approximate surface area is 278 Å². The number of carbonyl (C=O) groups is 1. The van der Waals surface area contributed by atoms with Crippen LogP contribution in [0.15, 0.2) is 108 Å². The molecule has 0 atom stereocenters. The molecule has 1 amide bonds. The standard InChI is InChI=1S/C33H23Br2ClN4O5/c1-2-43-28-14-19(13-25(35)31(28)44-18-30(41)38-23-10-8-22(36)9-11-23)17-37-40-32(39-26-6-4-3-5-24(26)33(40)42)29-16-20-15-21(34)7-12-27(20)45-29/h3-17H,2,18H2,1H3,(H,38,41). The first kappa shape index (κ1) is 30.6. The highest BCUT2D eigenvalue weighted by molar-refractivity contribution is 9.10. The van der Waals surface area contributed by atoms with E-state index in [1.165, 1.54) is 10.9 Å². The molecule has 1 N–H and O–H groups in total. The minimum atomic E-state index is -0.357. The summed E-state index contributed by atoms with van der Waals surface area (Å²) in [5.74, 6) is 1.02. The van der Waals surface area contributed by atoms with Crippen LogP contribution >= 0.6 is 43.5 Å². The molecule has 0 unspecified atom stereocenters. The number of nitrogens with zero attached hydrogens (tertiary/aromatic N) is 3. The molecule has 9 nitrogen and oxygen atoms in total. The summed E-state index contributed by atoms with van der Waals surface area (Å²) < 4.78 is 20.4. The Hall–Kier alpha value is -4.45. The van der Waals surface area contributed by atoms with Crippen molar-refractivity contribution in [3.05, 3.63) is 115 Å². The first-order chi connectivity index (χ1) is 21.8. The van der Waals surface area contributed by atoms with Crippen molar-refractivity contribution in [2.45, 2.75) is 6.92 Å². The third kappa shape index (κ3) is 6.80. The minimum absolute atomic E-state index is 0.248. The van der Waals surface area contributed by atoms with Crippen LogP contribution in [0.2, 0.25) is 5.02 Å². The summed E-state index contributed by atoms with van der Waals surface area (Å²) in [6.45, 7) is 1.93. The van der Waals surface area contributed by atoms with Gasteiger partial charge in [0.15, 0.2) is 23.9 Å². The molecule has 0 radical (unpaired) electrons. The van der Waals surface area contributed by atoms with Crippen LogP contribution in [-0.4, -0.2) is 35.0 Å². The van der Waals surface area contributed by atoms with Gasteiger partial charge in [0, 0.05) is 20.6 Å². The summed E-state index contributed by atoms with van der Waals surface area (Å²) in [6, 6.07) is 24.8. The van der Waals surface area contributed by atoms with Gasteiger partial charge in [-0.15, -0.1) is 0 Å². The van der Waals surface area contributed by atoms with Crippen LogP contribution in [0.5, 0.6) is 11.5 Å². The number of halogens is 3. The molecule has 0 bridgehead atoms. The number of nitrogens with one attached hydrogen (secondary N) is 1. The van der Waals surface area contributed by atoms with Gasteiger partial charge in [-0.3, -0.25) is 9.59 Å². The lowest BCUT2D eigenvalue weighted by Crippen LogP contribution is -2.20. The number of anilines is 1. The van der Waals surface area contributed by atoms with Crippen LogP contribution in [0.25, 0.3) is 33.5 Å². The van der Waals surface area contributed by atoms with Gasteiger partial charge in [-0.1, -0.05) is 39.7 Å². The number of furan rings is 1. The fourth-order valence-electron chi connectivity index (χ4n) is 4.57. The Bertz CT molecular complexity index is 2140. The van der Waals surface area contributed by atoms with E-state index in [1.807, 2.05) is 37.3 Å². The molecule has 0 saturated heterocycles. The third-order valence-corrected chi connectivity index (χ3v) is 7.92. The Morgan fingerprint density at radius 3 is 2.64 bits per heavy atom. The molecule has 226 valence electrons. The maximum atomic E-state index is 13.7. The number of fused-ring (bicyclic) bond motifs is 2. The molecule has 0 saturated carbocycles. The predicted molar refractivity (Wildman–Crippen MR) is 183 cm³/mol. The lowest BCUT2D eigenvalue weighted by Gasteiger charge is -2.14. The van der Waals surface area contributed by atoms with Crippen molar-refractivity contribution in [2.24, 2.45) is 5.10 Å². The van der Waals surface area contributed by atoms with E-state index in [2.05, 4.69) is 42.3 Å². The molecule has 6 aromatic rings. The second-order valence-electron chi connectivity index (χ2n) is 9.71. The molecule has 12 heteroatoms. The molecule has 0 fully saturated rings. The Morgan fingerprint density at radius 1 is 1.04 bits per heavy atom. The van der Waals surface area contributed by atoms with Gasteiger partial charge in [0.25, 0.3) is 11.5 Å². The number of ether oxygens (including phenoxy) is 2. The zero-order chi connectivity index (χ0) is 31.5. The fraction of sp³-hybridized carbons (Fsp3) is 0.0909. The van der Waals surface area contributed by atoms with Gasteiger partial charge in [0.1, 0.15) is 5.58 Å². The van der Waals surface area contributed by atoms with Crippen molar-refractivity contribution in [3.8, 4) is 23.1 Å². The van der Waals surface area contributed by atoms with Crippen molar-refractivity contribution in [1.82, 2.24) is 9.66 Å². The predicted octanol–water partition coefficient (Wildman–Crippen LogP) is 8.29. The maximum absolute atomic E-state index is 13.7. The van der Waals surface area contributed by atoms with Crippen molar-refractivity contribution < 1.29 is 18.7 Å². The zero-order valence-electron chi connectivity index (χ0n) is 23.6. The molecular formula is C33H23Br2ClN4O5. The maximum Gasteiger partial charge on any atom is 0.282 e. The van der Waals surface area contributed by atoms with E-state index >= 15 is 0 Å². The monoisotopic (exact) mass is 748 g/mol. The zero-order valence-corrected chi connectivity index (χ0v) is 27.5. The van der Waals surface area contributed by atoms with Crippen LogP contribution < -0.4 is 20.3 Å². The van der Waals surface area contributed by atoms with E-state index in [4.69, 9.17) is 30.5 Å². The second kappa shape index (κ2) is 13.3. The number of hydrogen-bond acceptors (Lipinski definition) is 7. The molecule has 0 aliphatic carbocycles. The molecule has 6 rings (SSSR count). The summed E-state index contributed by atoms with van der Waals surface area (Å²) in [5, 5.41) is 9.13. The van der Waals surface area contributed by atoms with Gasteiger partial charge in [-0.05, 0) is 101 Å². The van der Waals surface area contributed by atoms with Gasteiger partial charge in [0.2, 0.25) is 5.82 Å². The van der Waals surface area contributed by atoms with E-state index in [0.29, 0.717) is 61.1 Å². The molecule has 2 aromatic heterocycles. The first-order valence-corrected chi connectivity index (χ1v) is 15.7. The smallest absolute Gasteiger partial charge is 0.282 e. The lowest BCUT2D eigenvalue weighted by atomic mass is 10.2. The number of carbonyl (C=O) groups excluding carboxylic acids is 1. The van der Waals surface area contributed by atoms with E-state index in [-0.39, 0.29) is 23.9 Å². The highest BCUT2D eigenvalue weighted by Gasteiger charge is 2.18. The Kier molecular flexibility index (Phi) is 9.02. The van der Waals surface area contributed by atoms with Gasteiger partial charge in [0.05, 0.1) is 28.2 Å². The van der Waals surface area contributed by atoms with Gasteiger partial charge in [-0.2, -0.15) is 9.78 Å². The average Bonchev–Trinajstić information content (AvgIpc) is 3.44. The van der Waals surface area contributed by atoms with Gasteiger partial charge < -0.3 is 19.2 Å². The Balaban J connectivity index is 1.33. The van der Waals surface area contributed by atoms with E-state index in [1.54, 1.807) is 54.6 Å². The van der Waals surface area contributed by atoms with Crippen LogP contribution in [0, 0.1) is 0 Å². The number of benzene rings is 4. The summed E-state index contributed by atoms with van der Waals surface area (Å²) in [7, 11) is 0. The van der Waals surface area contributed by atoms with Crippen molar-refractivity contribution in [3.63, 3.8) is 0 Å². The summed E-state index contributed by atoms with van der Waals surface area (Å²) in [5.41, 5.74) is 2.01. The Morgan fingerprint density at radius 2 is 1.84 bits per heavy atom. The highest BCUT2D eigenvalue weighted by Crippen LogP contribution is 2.37. The van der Waals surface area contributed by atoms with E-state index < -0.39 is 0 Å². The van der Waals surface area contributed by atoms with Crippen LogP contribution in [0.3, 0.4) is 0 Å². The lowest BCUT2D eigenvalue weighted by molar-refractivity contribution is -0.118. The molecule has 0 spiro atoms. The van der Waals surface area contributed by atoms with Gasteiger partial charge in [-0.25, -0.2) is 4.98 Å². The SMILES string of the molecule is CCOc1cc(C=Nn2c(-c3cc4cc(Br)ccc4o3)nc3ccccc3c2=O)cc(Br)c1OCC(=O)Nc1ccc(Cl)cc1. The first-order valence-electron chi connectivity index (χ1n) is 13.7. The van der Waals surface area contributed by atoms with E-state index in [0.717, 1.165) is 9.86 Å². The number of para-hydroxylation sites is 1. The van der Waals surface area contributed by atoms with Crippen molar-refractivity contribution >= 4 is 83.1 Å². The van der Waals surface area contributed by atoms with Crippen molar-refractivity contribution in [1.29, 1.82) is 0 Å². The second-order valence-corrected chi connectivity index (χ2v) is 11.9. The summed E-state index contributed by atoms with van der Waals surface area (Å²) in [6.07, 6.45) is 1.52. The highest BCUT2D eigenvalue weighted by atomic mass is 79.9. The minimum Gasteiger partial charge on any atom is -0.490 e. The van der Waals surface area contributed by atoms with Crippen LogP contribution in [0.4, 0.5) is 5.69 Å². The van der Waals surface area contributed by atoms with Crippen molar-refractivity contribution in [2.75, 3.05) is 18.5 Å². The number of hydrogen-bond donors (Lipinski definition) is 1. The average molecular weight is 751 g/mol. The molecular weight excluding hydrogens is 728 g/mol. The number of aromatic nitrogens is 2. The fourth-order valence-corrected chi connectivity index (χ4v) is 5.65. The van der Waals surface area contributed by atoms with Crippen LogP contribution in [0.1, 0.15) is 12.5 Å². The number of amides is 1. The molecule has 2 heterocycles. The number of rotatable bonds is 9. The summed E-state index contributed by atoms with van der Waals surface area (Å²) >= 11 is 12.9. The summed E-state index contributed by atoms with van der Waals surface area (Å²) in [4.78, 5) is 30.9. The molecule has 45 heavy (non-hydrogen) atoms. The third-order valence-electron chi connectivity index (χ3n) is 6.58. The van der Waals surface area contributed by atoms with Crippen LogP contribution in [-0.2, 0) is 4.79 Å². The molecule has 4 aromatic carbocycles. The largest absolute Gasteiger partial charge is 0.490 e. The van der Waals surface area contributed by atoms with E-state index in [9.17, 15) is 9.59 Å².